The molecule has 6 nitrogen and oxygen atoms in total. The number of nitrogen functional groups attached to an aromatic ring is 1. The average molecular weight is 283 g/mol. The largest absolute Gasteiger partial charge is 0.393 e. The zero-order valence-electron chi connectivity index (χ0n) is 8.91. The third-order valence-electron chi connectivity index (χ3n) is 2.03. The number of rotatable bonds is 3. The Bertz CT molecular complexity index is 591. The summed E-state index contributed by atoms with van der Waals surface area (Å²) in [6.07, 6.45) is 0. The molecule has 0 unspecified atom stereocenters. The molecule has 0 atom stereocenters. The summed E-state index contributed by atoms with van der Waals surface area (Å²) in [6, 6.07) is 7.86. The van der Waals surface area contributed by atoms with Crippen LogP contribution >= 0.6 is 23.4 Å². The molecular formula is C10H7ClN4O2S. The van der Waals surface area contributed by atoms with E-state index in [1.807, 2.05) is 0 Å². The van der Waals surface area contributed by atoms with Crippen LogP contribution in [-0.4, -0.2) is 15.1 Å². The van der Waals surface area contributed by atoms with E-state index in [-0.39, 0.29) is 11.4 Å². The summed E-state index contributed by atoms with van der Waals surface area (Å²) in [5.74, 6) is 0. The van der Waals surface area contributed by atoms with Gasteiger partial charge in [-0.2, -0.15) is 0 Å². The third kappa shape index (κ3) is 2.88. The Labute approximate surface area is 111 Å². The SMILES string of the molecule is Nc1ccc(Sc2ccc(Cl)nn2)cc1[N+](=O)[O-]. The Kier molecular flexibility index (Phi) is 3.63. The van der Waals surface area contributed by atoms with Crippen LogP contribution in [0.3, 0.4) is 0 Å². The fourth-order valence-electron chi connectivity index (χ4n) is 1.22. The summed E-state index contributed by atoms with van der Waals surface area (Å²) in [6.45, 7) is 0. The number of nitro groups is 1. The molecule has 0 radical (unpaired) electrons. The van der Waals surface area contributed by atoms with Gasteiger partial charge in [0.05, 0.1) is 4.92 Å². The molecule has 0 amide bonds. The van der Waals surface area contributed by atoms with Gasteiger partial charge in [-0.25, -0.2) is 0 Å². The number of hydrogen-bond donors (Lipinski definition) is 1. The van der Waals surface area contributed by atoms with Gasteiger partial charge in [-0.15, -0.1) is 10.2 Å². The van der Waals surface area contributed by atoms with Crippen molar-refractivity contribution in [2.24, 2.45) is 0 Å². The molecule has 0 bridgehead atoms. The fraction of sp³-hybridized carbons (Fsp3) is 0. The van der Waals surface area contributed by atoms with Gasteiger partial charge in [0.25, 0.3) is 5.69 Å². The van der Waals surface area contributed by atoms with Crippen LogP contribution in [0, 0.1) is 10.1 Å². The highest BCUT2D eigenvalue weighted by Crippen LogP contribution is 2.31. The number of benzene rings is 1. The van der Waals surface area contributed by atoms with E-state index < -0.39 is 4.92 Å². The number of nitrogens with zero attached hydrogens (tertiary/aromatic N) is 3. The molecule has 0 aliphatic carbocycles. The highest BCUT2D eigenvalue weighted by molar-refractivity contribution is 7.99. The maximum absolute atomic E-state index is 10.7. The molecule has 0 aliphatic heterocycles. The number of aromatic nitrogens is 2. The van der Waals surface area contributed by atoms with E-state index in [1.54, 1.807) is 18.2 Å². The van der Waals surface area contributed by atoms with Crippen LogP contribution in [0.4, 0.5) is 11.4 Å². The predicted molar refractivity (Wildman–Crippen MR) is 68.7 cm³/mol. The third-order valence-corrected chi connectivity index (χ3v) is 3.15. The van der Waals surface area contributed by atoms with Crippen molar-refractivity contribution in [1.82, 2.24) is 10.2 Å². The van der Waals surface area contributed by atoms with E-state index in [1.165, 1.54) is 23.9 Å². The van der Waals surface area contributed by atoms with Crippen molar-refractivity contribution >= 4 is 34.7 Å². The van der Waals surface area contributed by atoms with E-state index in [2.05, 4.69) is 10.2 Å². The molecule has 0 fully saturated rings. The van der Waals surface area contributed by atoms with Gasteiger partial charge in [0.15, 0.2) is 5.15 Å². The standard InChI is InChI=1S/C10H7ClN4O2S/c11-9-3-4-10(14-13-9)18-6-1-2-7(12)8(5-6)15(16)17/h1-5H,12H2. The molecule has 92 valence electrons. The summed E-state index contributed by atoms with van der Waals surface area (Å²) in [5, 5.41) is 19.2. The Hall–Kier alpha value is -1.86. The van der Waals surface area contributed by atoms with E-state index in [0.717, 1.165) is 0 Å². The first-order valence-electron chi connectivity index (χ1n) is 4.77. The first-order valence-corrected chi connectivity index (χ1v) is 5.97. The highest BCUT2D eigenvalue weighted by atomic mass is 35.5. The number of nitro benzene ring substituents is 1. The Morgan fingerprint density at radius 2 is 2.06 bits per heavy atom. The van der Waals surface area contributed by atoms with Crippen molar-refractivity contribution in [3.63, 3.8) is 0 Å². The van der Waals surface area contributed by atoms with Gasteiger partial charge in [0.2, 0.25) is 0 Å². The molecule has 2 aromatic rings. The zero-order valence-corrected chi connectivity index (χ0v) is 10.5. The first kappa shape index (κ1) is 12.6. The Morgan fingerprint density at radius 3 is 2.67 bits per heavy atom. The van der Waals surface area contributed by atoms with Crippen LogP contribution in [-0.2, 0) is 0 Å². The molecule has 1 aromatic heterocycles. The first-order chi connectivity index (χ1) is 8.56. The van der Waals surface area contributed by atoms with Gasteiger partial charge in [0, 0.05) is 11.0 Å². The van der Waals surface area contributed by atoms with Gasteiger partial charge in [-0.1, -0.05) is 23.4 Å². The summed E-state index contributed by atoms with van der Waals surface area (Å²) >= 11 is 6.86. The van der Waals surface area contributed by atoms with E-state index in [0.29, 0.717) is 15.1 Å². The Balaban J connectivity index is 2.27. The minimum absolute atomic E-state index is 0.123. The average Bonchev–Trinajstić information content (AvgIpc) is 2.34. The van der Waals surface area contributed by atoms with Crippen LogP contribution in [0.2, 0.25) is 5.15 Å². The van der Waals surface area contributed by atoms with E-state index in [4.69, 9.17) is 17.3 Å². The maximum atomic E-state index is 10.7. The molecule has 0 saturated heterocycles. The van der Waals surface area contributed by atoms with Crippen LogP contribution in [0.5, 0.6) is 0 Å². The van der Waals surface area contributed by atoms with E-state index >= 15 is 0 Å². The van der Waals surface area contributed by atoms with Gasteiger partial charge >= 0.3 is 0 Å². The topological polar surface area (TPSA) is 94.9 Å². The summed E-state index contributed by atoms with van der Waals surface area (Å²) < 4.78 is 0. The molecule has 0 saturated carbocycles. The van der Waals surface area contributed by atoms with Gasteiger partial charge in [-0.05, 0) is 24.3 Å². The number of nitrogens with two attached hydrogens (primary N) is 1. The van der Waals surface area contributed by atoms with Crippen LogP contribution in [0.15, 0.2) is 40.3 Å². The molecule has 18 heavy (non-hydrogen) atoms. The molecular weight excluding hydrogens is 276 g/mol. The summed E-state index contributed by atoms with van der Waals surface area (Å²) in [5.41, 5.74) is 5.52. The summed E-state index contributed by atoms with van der Waals surface area (Å²) in [7, 11) is 0. The van der Waals surface area contributed by atoms with E-state index in [9.17, 15) is 10.1 Å². The highest BCUT2D eigenvalue weighted by Gasteiger charge is 2.12. The minimum Gasteiger partial charge on any atom is -0.393 e. The molecule has 2 rings (SSSR count). The van der Waals surface area contributed by atoms with Gasteiger partial charge in [0.1, 0.15) is 10.7 Å². The van der Waals surface area contributed by atoms with Crippen molar-refractivity contribution < 1.29 is 4.92 Å². The lowest BCUT2D eigenvalue weighted by molar-refractivity contribution is -0.384. The molecule has 0 spiro atoms. The number of anilines is 1. The number of hydrogen-bond acceptors (Lipinski definition) is 6. The molecule has 1 heterocycles. The van der Waals surface area contributed by atoms with Gasteiger partial charge < -0.3 is 5.73 Å². The maximum Gasteiger partial charge on any atom is 0.293 e. The normalized spacial score (nSPS) is 10.3. The van der Waals surface area contributed by atoms with Crippen LogP contribution in [0.25, 0.3) is 0 Å². The molecule has 1 aromatic carbocycles. The molecule has 8 heteroatoms. The smallest absolute Gasteiger partial charge is 0.293 e. The Morgan fingerprint density at radius 1 is 1.28 bits per heavy atom. The second-order valence-electron chi connectivity index (χ2n) is 3.27. The minimum atomic E-state index is -0.521. The van der Waals surface area contributed by atoms with Crippen molar-refractivity contribution in [3.8, 4) is 0 Å². The van der Waals surface area contributed by atoms with Crippen molar-refractivity contribution in [1.29, 1.82) is 0 Å². The quantitative estimate of drug-likeness (QED) is 0.528. The van der Waals surface area contributed by atoms with Crippen molar-refractivity contribution in [2.75, 3.05) is 5.73 Å². The lowest BCUT2D eigenvalue weighted by Gasteiger charge is -2.02. The fourth-order valence-corrected chi connectivity index (χ4v) is 2.09. The van der Waals surface area contributed by atoms with Crippen molar-refractivity contribution in [2.45, 2.75) is 9.92 Å². The lowest BCUT2D eigenvalue weighted by atomic mass is 10.3. The molecule has 2 N–H and O–H groups in total. The zero-order chi connectivity index (χ0) is 13.1. The van der Waals surface area contributed by atoms with Crippen molar-refractivity contribution in [3.05, 3.63) is 45.6 Å². The van der Waals surface area contributed by atoms with Crippen LogP contribution < -0.4 is 5.73 Å². The van der Waals surface area contributed by atoms with Crippen LogP contribution in [0.1, 0.15) is 0 Å². The second-order valence-corrected chi connectivity index (χ2v) is 4.76. The second kappa shape index (κ2) is 5.19. The lowest BCUT2D eigenvalue weighted by Crippen LogP contribution is -1.95. The predicted octanol–water partition coefficient (Wildman–Crippen LogP) is 2.77. The monoisotopic (exact) mass is 282 g/mol. The molecule has 0 aliphatic rings. The van der Waals surface area contributed by atoms with Gasteiger partial charge in [-0.3, -0.25) is 10.1 Å². The summed E-state index contributed by atoms with van der Waals surface area (Å²) in [4.78, 5) is 10.9. The number of halogens is 1.